The molecule has 1 unspecified atom stereocenters. The molecule has 0 radical (unpaired) electrons. The van der Waals surface area contributed by atoms with Gasteiger partial charge in [-0.15, -0.1) is 0 Å². The molecule has 0 aromatic heterocycles. The van der Waals surface area contributed by atoms with Gasteiger partial charge < -0.3 is 15.1 Å². The molecule has 2 spiro atoms. The van der Waals surface area contributed by atoms with Crippen LogP contribution >= 0.6 is 0 Å². The van der Waals surface area contributed by atoms with Crippen molar-refractivity contribution >= 4 is 0 Å². The van der Waals surface area contributed by atoms with Crippen molar-refractivity contribution in [3.63, 3.8) is 0 Å². The van der Waals surface area contributed by atoms with Crippen LogP contribution in [0.15, 0.2) is 0 Å². The number of likely N-dealkylation sites (N-methyl/N-ethyl adjacent to an activating group) is 1. The van der Waals surface area contributed by atoms with Gasteiger partial charge in [-0.05, 0) is 51.1 Å². The van der Waals surface area contributed by atoms with Crippen molar-refractivity contribution in [2.45, 2.75) is 62.9 Å². The highest BCUT2D eigenvalue weighted by atomic mass is 15.3. The van der Waals surface area contributed by atoms with Crippen LogP contribution in [-0.2, 0) is 0 Å². The van der Waals surface area contributed by atoms with Crippen molar-refractivity contribution in [2.75, 3.05) is 39.8 Å². The Morgan fingerprint density at radius 1 is 1.00 bits per heavy atom. The Balaban J connectivity index is 1.28. The van der Waals surface area contributed by atoms with Gasteiger partial charge in [-0.25, -0.2) is 0 Å². The highest BCUT2D eigenvalue weighted by Gasteiger charge is 2.47. The second-order valence-corrected chi connectivity index (χ2v) is 8.38. The standard InChI is InChI=1S/C17H31N3/c1-19-13-17(14-19)8-5-15(18-17)11-20-10-9-16(12-20)6-3-2-4-7-16/h15,18H,2-14H2,1H3. The van der Waals surface area contributed by atoms with Gasteiger partial charge in [0, 0.05) is 37.8 Å². The van der Waals surface area contributed by atoms with E-state index >= 15 is 0 Å². The first-order valence-electron chi connectivity index (χ1n) is 8.86. The van der Waals surface area contributed by atoms with Gasteiger partial charge in [-0.3, -0.25) is 0 Å². The Bertz CT molecular complexity index is 355. The maximum absolute atomic E-state index is 3.97. The Hall–Kier alpha value is -0.120. The number of nitrogens with zero attached hydrogens (tertiary/aromatic N) is 2. The normalized spacial score (nSPS) is 36.8. The van der Waals surface area contributed by atoms with Crippen LogP contribution in [0.1, 0.15) is 51.4 Å². The van der Waals surface area contributed by atoms with Gasteiger partial charge in [0.1, 0.15) is 0 Å². The van der Waals surface area contributed by atoms with Crippen molar-refractivity contribution in [3.8, 4) is 0 Å². The van der Waals surface area contributed by atoms with Crippen LogP contribution in [0.3, 0.4) is 0 Å². The summed E-state index contributed by atoms with van der Waals surface area (Å²) >= 11 is 0. The molecule has 4 fully saturated rings. The molecule has 0 aromatic rings. The number of rotatable bonds is 2. The molecular formula is C17H31N3. The zero-order valence-electron chi connectivity index (χ0n) is 13.2. The summed E-state index contributed by atoms with van der Waals surface area (Å²) in [6.45, 7) is 6.62. The number of nitrogens with one attached hydrogen (secondary N) is 1. The molecule has 1 N–H and O–H groups in total. The first kappa shape index (κ1) is 13.5. The molecule has 3 aliphatic heterocycles. The molecule has 4 aliphatic rings. The van der Waals surface area contributed by atoms with Gasteiger partial charge in [-0.1, -0.05) is 19.3 Å². The fourth-order valence-electron chi connectivity index (χ4n) is 5.61. The Morgan fingerprint density at radius 2 is 1.80 bits per heavy atom. The zero-order chi connectivity index (χ0) is 13.6. The molecule has 4 rings (SSSR count). The molecule has 0 amide bonds. The van der Waals surface area contributed by atoms with E-state index in [0.29, 0.717) is 5.54 Å². The van der Waals surface area contributed by atoms with Crippen molar-refractivity contribution in [1.82, 2.24) is 15.1 Å². The van der Waals surface area contributed by atoms with Crippen LogP contribution in [0.2, 0.25) is 0 Å². The highest BCUT2D eigenvalue weighted by Crippen LogP contribution is 2.44. The predicted octanol–water partition coefficient (Wildman–Crippen LogP) is 2.08. The van der Waals surface area contributed by atoms with E-state index in [1.54, 1.807) is 0 Å². The molecule has 3 heterocycles. The van der Waals surface area contributed by atoms with E-state index in [2.05, 4.69) is 22.2 Å². The second-order valence-electron chi connectivity index (χ2n) is 8.38. The van der Waals surface area contributed by atoms with Crippen LogP contribution in [0, 0.1) is 5.41 Å². The molecule has 3 saturated heterocycles. The first-order chi connectivity index (χ1) is 9.67. The van der Waals surface area contributed by atoms with Crippen LogP contribution < -0.4 is 5.32 Å². The summed E-state index contributed by atoms with van der Waals surface area (Å²) in [6, 6.07) is 0.766. The van der Waals surface area contributed by atoms with Crippen molar-refractivity contribution in [2.24, 2.45) is 5.41 Å². The fourth-order valence-corrected chi connectivity index (χ4v) is 5.61. The smallest absolute Gasteiger partial charge is 0.0440 e. The molecular weight excluding hydrogens is 246 g/mol. The third-order valence-electron chi connectivity index (χ3n) is 6.54. The molecule has 20 heavy (non-hydrogen) atoms. The SMILES string of the molecule is CN1CC2(CCC(CN3CCC4(CCCCC4)C3)N2)C1. The summed E-state index contributed by atoms with van der Waals surface area (Å²) in [5.74, 6) is 0. The van der Waals surface area contributed by atoms with Gasteiger partial charge >= 0.3 is 0 Å². The largest absolute Gasteiger partial charge is 0.305 e. The maximum Gasteiger partial charge on any atom is 0.0440 e. The van der Waals surface area contributed by atoms with E-state index in [1.807, 2.05) is 0 Å². The van der Waals surface area contributed by atoms with E-state index in [1.165, 1.54) is 84.1 Å². The molecule has 1 atom stereocenters. The lowest BCUT2D eigenvalue weighted by molar-refractivity contribution is 0.0759. The third-order valence-corrected chi connectivity index (χ3v) is 6.54. The van der Waals surface area contributed by atoms with Crippen molar-refractivity contribution < 1.29 is 0 Å². The topological polar surface area (TPSA) is 18.5 Å². The minimum atomic E-state index is 0.502. The second kappa shape index (κ2) is 4.96. The minimum Gasteiger partial charge on any atom is -0.305 e. The quantitative estimate of drug-likeness (QED) is 0.834. The predicted molar refractivity (Wildman–Crippen MR) is 83.0 cm³/mol. The number of hydrogen-bond acceptors (Lipinski definition) is 3. The summed E-state index contributed by atoms with van der Waals surface area (Å²) in [5.41, 5.74) is 1.23. The summed E-state index contributed by atoms with van der Waals surface area (Å²) in [4.78, 5) is 5.23. The van der Waals surface area contributed by atoms with E-state index in [-0.39, 0.29) is 0 Å². The molecule has 1 saturated carbocycles. The summed E-state index contributed by atoms with van der Waals surface area (Å²) in [5, 5.41) is 3.97. The molecule has 0 aromatic carbocycles. The monoisotopic (exact) mass is 277 g/mol. The first-order valence-corrected chi connectivity index (χ1v) is 8.86. The zero-order valence-corrected chi connectivity index (χ0v) is 13.2. The Labute approximate surface area is 124 Å². The van der Waals surface area contributed by atoms with Crippen LogP contribution in [0.25, 0.3) is 0 Å². The Morgan fingerprint density at radius 3 is 2.55 bits per heavy atom. The van der Waals surface area contributed by atoms with Gasteiger partial charge in [0.15, 0.2) is 0 Å². The summed E-state index contributed by atoms with van der Waals surface area (Å²) < 4.78 is 0. The van der Waals surface area contributed by atoms with Crippen LogP contribution in [0.4, 0.5) is 0 Å². The lowest BCUT2D eigenvalue weighted by Gasteiger charge is -2.47. The number of likely N-dealkylation sites (tertiary alicyclic amines) is 2. The average Bonchev–Trinajstić information content (AvgIpc) is 2.97. The molecule has 114 valence electrons. The third kappa shape index (κ3) is 2.42. The van der Waals surface area contributed by atoms with Crippen LogP contribution in [0.5, 0.6) is 0 Å². The average molecular weight is 277 g/mol. The molecule has 1 aliphatic carbocycles. The minimum absolute atomic E-state index is 0.502. The van der Waals surface area contributed by atoms with Gasteiger partial charge in [0.25, 0.3) is 0 Å². The summed E-state index contributed by atoms with van der Waals surface area (Å²) in [7, 11) is 2.24. The molecule has 3 nitrogen and oxygen atoms in total. The van der Waals surface area contributed by atoms with Gasteiger partial charge in [0.05, 0.1) is 0 Å². The molecule has 3 heteroatoms. The van der Waals surface area contributed by atoms with E-state index < -0.39 is 0 Å². The van der Waals surface area contributed by atoms with Gasteiger partial charge in [0.2, 0.25) is 0 Å². The molecule has 0 bridgehead atoms. The van der Waals surface area contributed by atoms with E-state index in [4.69, 9.17) is 0 Å². The van der Waals surface area contributed by atoms with E-state index in [0.717, 1.165) is 11.5 Å². The fraction of sp³-hybridized carbons (Fsp3) is 1.00. The van der Waals surface area contributed by atoms with Crippen molar-refractivity contribution in [1.29, 1.82) is 0 Å². The maximum atomic E-state index is 3.97. The van der Waals surface area contributed by atoms with Gasteiger partial charge in [-0.2, -0.15) is 0 Å². The lowest BCUT2D eigenvalue weighted by Crippen LogP contribution is -2.66. The van der Waals surface area contributed by atoms with Crippen molar-refractivity contribution in [3.05, 3.63) is 0 Å². The highest BCUT2D eigenvalue weighted by molar-refractivity contribution is 5.08. The van der Waals surface area contributed by atoms with E-state index in [9.17, 15) is 0 Å². The lowest BCUT2D eigenvalue weighted by atomic mass is 9.73. The Kier molecular flexibility index (Phi) is 3.36. The van der Waals surface area contributed by atoms with Crippen LogP contribution in [-0.4, -0.2) is 61.2 Å². The number of hydrogen-bond donors (Lipinski definition) is 1. The summed E-state index contributed by atoms with van der Waals surface area (Å²) in [6.07, 6.45) is 11.8.